The van der Waals surface area contributed by atoms with Gasteiger partial charge in [0.15, 0.2) is 6.61 Å². The first-order valence-electron chi connectivity index (χ1n) is 7.72. The Morgan fingerprint density at radius 2 is 1.84 bits per heavy atom. The summed E-state index contributed by atoms with van der Waals surface area (Å²) < 4.78 is 9.86. The number of furan rings is 1. The van der Waals surface area contributed by atoms with Crippen molar-refractivity contribution in [2.24, 2.45) is 0 Å². The molecule has 0 fully saturated rings. The predicted octanol–water partition coefficient (Wildman–Crippen LogP) is 2.12. The van der Waals surface area contributed by atoms with Crippen molar-refractivity contribution in [2.75, 3.05) is 18.5 Å². The van der Waals surface area contributed by atoms with Gasteiger partial charge in [0, 0.05) is 5.69 Å². The third-order valence-electron chi connectivity index (χ3n) is 3.74. The highest BCUT2D eigenvalue weighted by Gasteiger charge is 2.15. The fourth-order valence-corrected chi connectivity index (χ4v) is 2.12. The van der Waals surface area contributed by atoms with Gasteiger partial charge in [-0.2, -0.15) is 0 Å². The summed E-state index contributed by atoms with van der Waals surface area (Å²) in [6, 6.07) is 7.04. The third-order valence-corrected chi connectivity index (χ3v) is 3.74. The number of carbonyl (C=O) groups is 3. The molecule has 0 aliphatic heterocycles. The van der Waals surface area contributed by atoms with Crippen molar-refractivity contribution in [3.8, 4) is 0 Å². The van der Waals surface area contributed by atoms with Gasteiger partial charge < -0.3 is 19.8 Å². The number of carbonyl (C=O) groups excluding carboxylic acids is 3. The molecular weight excluding hydrogens is 324 g/mol. The van der Waals surface area contributed by atoms with Gasteiger partial charge in [0.25, 0.3) is 5.91 Å². The SMILES string of the molecule is Cc1cccc(NC(=O)CNC(=O)COC(=O)c2ccoc2C)c1C. The number of rotatable bonds is 6. The first kappa shape index (κ1) is 18.3. The molecule has 0 saturated heterocycles. The summed E-state index contributed by atoms with van der Waals surface area (Å²) in [7, 11) is 0. The third kappa shape index (κ3) is 4.94. The Labute approximate surface area is 145 Å². The number of esters is 1. The Kier molecular flexibility index (Phi) is 5.94. The molecule has 0 spiro atoms. The Balaban J connectivity index is 1.76. The molecule has 0 aliphatic rings. The van der Waals surface area contributed by atoms with Crippen LogP contribution in [-0.2, 0) is 14.3 Å². The summed E-state index contributed by atoms with van der Waals surface area (Å²) in [6.45, 7) is 4.78. The van der Waals surface area contributed by atoms with Crippen LogP contribution < -0.4 is 10.6 Å². The standard InChI is InChI=1S/C18H20N2O5/c1-11-5-4-6-15(12(11)2)20-16(21)9-19-17(22)10-25-18(23)14-7-8-24-13(14)3/h4-8H,9-10H2,1-3H3,(H,19,22)(H,20,21). The maximum atomic E-state index is 11.9. The maximum absolute atomic E-state index is 11.9. The van der Waals surface area contributed by atoms with Crippen molar-refractivity contribution < 1.29 is 23.5 Å². The van der Waals surface area contributed by atoms with Crippen LogP contribution in [0.3, 0.4) is 0 Å². The topological polar surface area (TPSA) is 97.6 Å². The van der Waals surface area contributed by atoms with Crippen LogP contribution in [0.5, 0.6) is 0 Å². The summed E-state index contributed by atoms with van der Waals surface area (Å²) in [5, 5.41) is 5.13. The zero-order valence-electron chi connectivity index (χ0n) is 14.3. The van der Waals surface area contributed by atoms with Crippen molar-refractivity contribution in [2.45, 2.75) is 20.8 Å². The van der Waals surface area contributed by atoms with E-state index in [4.69, 9.17) is 9.15 Å². The van der Waals surface area contributed by atoms with E-state index in [0.29, 0.717) is 11.4 Å². The number of hydrogen-bond donors (Lipinski definition) is 2. The van der Waals surface area contributed by atoms with E-state index in [2.05, 4.69) is 10.6 Å². The molecular formula is C18H20N2O5. The fraction of sp³-hybridized carbons (Fsp3) is 0.278. The Morgan fingerprint density at radius 3 is 2.52 bits per heavy atom. The van der Waals surface area contributed by atoms with Gasteiger partial charge in [-0.15, -0.1) is 0 Å². The van der Waals surface area contributed by atoms with Crippen LogP contribution in [0.15, 0.2) is 34.9 Å². The Bertz CT molecular complexity index is 795. The van der Waals surface area contributed by atoms with E-state index in [0.717, 1.165) is 11.1 Å². The van der Waals surface area contributed by atoms with E-state index in [1.165, 1.54) is 12.3 Å². The van der Waals surface area contributed by atoms with E-state index in [1.54, 1.807) is 13.0 Å². The van der Waals surface area contributed by atoms with Crippen molar-refractivity contribution in [3.05, 3.63) is 53.0 Å². The van der Waals surface area contributed by atoms with Crippen molar-refractivity contribution in [1.82, 2.24) is 5.32 Å². The van der Waals surface area contributed by atoms with Crippen LogP contribution in [0.25, 0.3) is 0 Å². The van der Waals surface area contributed by atoms with Crippen LogP contribution >= 0.6 is 0 Å². The van der Waals surface area contributed by atoms with Crippen LogP contribution in [0, 0.1) is 20.8 Å². The minimum Gasteiger partial charge on any atom is -0.469 e. The highest BCUT2D eigenvalue weighted by Crippen LogP contribution is 2.17. The van der Waals surface area contributed by atoms with Crippen molar-refractivity contribution in [1.29, 1.82) is 0 Å². The summed E-state index contributed by atoms with van der Waals surface area (Å²) >= 11 is 0. The number of anilines is 1. The maximum Gasteiger partial charge on any atom is 0.342 e. The van der Waals surface area contributed by atoms with Gasteiger partial charge in [-0.25, -0.2) is 4.79 Å². The normalized spacial score (nSPS) is 10.2. The second kappa shape index (κ2) is 8.14. The highest BCUT2D eigenvalue weighted by molar-refractivity contribution is 5.96. The van der Waals surface area contributed by atoms with Crippen LogP contribution in [-0.4, -0.2) is 30.9 Å². The highest BCUT2D eigenvalue weighted by atomic mass is 16.5. The molecule has 132 valence electrons. The quantitative estimate of drug-likeness (QED) is 0.782. The largest absolute Gasteiger partial charge is 0.469 e. The monoisotopic (exact) mass is 344 g/mol. The summed E-state index contributed by atoms with van der Waals surface area (Å²) in [5.41, 5.74) is 2.98. The molecule has 2 rings (SSSR count). The number of hydrogen-bond acceptors (Lipinski definition) is 5. The lowest BCUT2D eigenvalue weighted by molar-refractivity contribution is -0.126. The molecule has 7 nitrogen and oxygen atoms in total. The molecule has 2 aromatic rings. The average molecular weight is 344 g/mol. The van der Waals surface area contributed by atoms with E-state index in [1.807, 2.05) is 26.0 Å². The van der Waals surface area contributed by atoms with Gasteiger partial charge in [-0.1, -0.05) is 12.1 Å². The Morgan fingerprint density at radius 1 is 1.08 bits per heavy atom. The lowest BCUT2D eigenvalue weighted by atomic mass is 10.1. The van der Waals surface area contributed by atoms with Gasteiger partial charge in [-0.3, -0.25) is 9.59 Å². The van der Waals surface area contributed by atoms with Crippen molar-refractivity contribution in [3.63, 3.8) is 0 Å². The minimum absolute atomic E-state index is 0.214. The molecule has 0 atom stereocenters. The van der Waals surface area contributed by atoms with Gasteiger partial charge in [-0.05, 0) is 44.0 Å². The lowest BCUT2D eigenvalue weighted by Gasteiger charge is -2.11. The van der Waals surface area contributed by atoms with Crippen LogP contribution in [0.4, 0.5) is 5.69 Å². The first-order chi connectivity index (χ1) is 11.9. The summed E-state index contributed by atoms with van der Waals surface area (Å²) in [4.78, 5) is 35.3. The van der Waals surface area contributed by atoms with E-state index >= 15 is 0 Å². The molecule has 2 amide bonds. The minimum atomic E-state index is -0.652. The molecule has 0 bridgehead atoms. The van der Waals surface area contributed by atoms with Crippen LogP contribution in [0.1, 0.15) is 27.2 Å². The number of ether oxygens (including phenoxy) is 1. The zero-order chi connectivity index (χ0) is 18.4. The van der Waals surface area contributed by atoms with Gasteiger partial charge in [0.05, 0.1) is 12.8 Å². The summed E-state index contributed by atoms with van der Waals surface area (Å²) in [6.07, 6.45) is 1.36. The zero-order valence-corrected chi connectivity index (χ0v) is 14.3. The molecule has 1 aromatic heterocycles. The lowest BCUT2D eigenvalue weighted by Crippen LogP contribution is -2.35. The molecule has 2 N–H and O–H groups in total. The van der Waals surface area contributed by atoms with Crippen LogP contribution in [0.2, 0.25) is 0 Å². The van der Waals surface area contributed by atoms with E-state index in [9.17, 15) is 14.4 Å². The average Bonchev–Trinajstić information content (AvgIpc) is 3.01. The smallest absolute Gasteiger partial charge is 0.342 e. The first-order valence-corrected chi connectivity index (χ1v) is 7.72. The number of aryl methyl sites for hydroxylation is 2. The number of nitrogens with one attached hydrogen (secondary N) is 2. The summed E-state index contributed by atoms with van der Waals surface area (Å²) in [5.74, 6) is -1.16. The molecule has 1 aromatic carbocycles. The number of amides is 2. The van der Waals surface area contributed by atoms with E-state index in [-0.39, 0.29) is 18.0 Å². The van der Waals surface area contributed by atoms with Gasteiger partial charge >= 0.3 is 5.97 Å². The molecule has 1 heterocycles. The van der Waals surface area contributed by atoms with Gasteiger partial charge in [0.1, 0.15) is 11.3 Å². The Hall–Kier alpha value is -3.09. The fourth-order valence-electron chi connectivity index (χ4n) is 2.12. The predicted molar refractivity (Wildman–Crippen MR) is 91.3 cm³/mol. The molecule has 0 aliphatic carbocycles. The molecule has 0 saturated carbocycles. The molecule has 0 radical (unpaired) electrons. The molecule has 25 heavy (non-hydrogen) atoms. The number of benzene rings is 1. The second-order valence-corrected chi connectivity index (χ2v) is 5.54. The van der Waals surface area contributed by atoms with Gasteiger partial charge in [0.2, 0.25) is 5.91 Å². The second-order valence-electron chi connectivity index (χ2n) is 5.54. The molecule has 0 unspecified atom stereocenters. The molecule has 7 heteroatoms. The van der Waals surface area contributed by atoms with E-state index < -0.39 is 18.5 Å². The van der Waals surface area contributed by atoms with Crippen molar-refractivity contribution >= 4 is 23.5 Å².